The monoisotopic (exact) mass is 328 g/mol. The predicted molar refractivity (Wildman–Crippen MR) is 91.4 cm³/mol. The number of carbonyl (C=O) groups excluding carboxylic acids is 1. The van der Waals surface area contributed by atoms with Gasteiger partial charge in [0.2, 0.25) is 0 Å². The van der Waals surface area contributed by atoms with Crippen LogP contribution in [0.2, 0.25) is 0 Å². The fourth-order valence-electron chi connectivity index (χ4n) is 1.96. The van der Waals surface area contributed by atoms with Crippen molar-refractivity contribution in [1.82, 2.24) is 5.32 Å². The molecule has 0 atom stereocenters. The van der Waals surface area contributed by atoms with Gasteiger partial charge in [0.25, 0.3) is 5.91 Å². The Hall–Kier alpha value is -3.02. The van der Waals surface area contributed by atoms with Crippen LogP contribution in [0, 0.1) is 0 Å². The number of oxime groups is 1. The average Bonchev–Trinajstić information content (AvgIpc) is 2.64. The van der Waals surface area contributed by atoms with Crippen LogP contribution in [-0.4, -0.2) is 32.9 Å². The zero-order valence-corrected chi connectivity index (χ0v) is 13.7. The van der Waals surface area contributed by atoms with Gasteiger partial charge in [-0.25, -0.2) is 0 Å². The molecule has 0 fully saturated rings. The SMILES string of the molecule is COc1ccc(CNC(=O)CO/N=C\c2ccccc2OC)cc1. The van der Waals surface area contributed by atoms with E-state index in [1.54, 1.807) is 14.2 Å². The van der Waals surface area contributed by atoms with Gasteiger partial charge in [0.15, 0.2) is 6.61 Å². The Kier molecular flexibility index (Phi) is 6.64. The van der Waals surface area contributed by atoms with Gasteiger partial charge in [0, 0.05) is 12.1 Å². The Morgan fingerprint density at radius 2 is 1.83 bits per heavy atom. The first-order valence-corrected chi connectivity index (χ1v) is 7.41. The number of carbonyl (C=O) groups is 1. The minimum absolute atomic E-state index is 0.151. The highest BCUT2D eigenvalue weighted by molar-refractivity contribution is 5.83. The number of nitrogens with one attached hydrogen (secondary N) is 1. The van der Waals surface area contributed by atoms with Gasteiger partial charge in [0.05, 0.1) is 20.4 Å². The third-order valence-corrected chi connectivity index (χ3v) is 3.25. The number of nitrogens with zero attached hydrogens (tertiary/aromatic N) is 1. The molecule has 0 spiro atoms. The molecule has 6 nitrogen and oxygen atoms in total. The van der Waals surface area contributed by atoms with Crippen LogP contribution in [0.15, 0.2) is 53.7 Å². The molecule has 0 saturated carbocycles. The van der Waals surface area contributed by atoms with E-state index in [2.05, 4.69) is 10.5 Å². The van der Waals surface area contributed by atoms with Gasteiger partial charge in [-0.05, 0) is 29.8 Å². The van der Waals surface area contributed by atoms with Gasteiger partial charge in [-0.2, -0.15) is 0 Å². The predicted octanol–water partition coefficient (Wildman–Crippen LogP) is 2.37. The maximum absolute atomic E-state index is 11.7. The second kappa shape index (κ2) is 9.19. The summed E-state index contributed by atoms with van der Waals surface area (Å²) in [6.45, 7) is 0.268. The van der Waals surface area contributed by atoms with Crippen LogP contribution in [0.1, 0.15) is 11.1 Å². The summed E-state index contributed by atoms with van der Waals surface area (Å²) in [5, 5.41) is 6.54. The Bertz CT molecular complexity index is 684. The first-order chi connectivity index (χ1) is 11.7. The summed E-state index contributed by atoms with van der Waals surface area (Å²) < 4.78 is 10.3. The molecule has 0 aliphatic rings. The largest absolute Gasteiger partial charge is 0.497 e. The van der Waals surface area contributed by atoms with Crippen LogP contribution in [0.4, 0.5) is 0 Å². The highest BCUT2D eigenvalue weighted by Crippen LogP contribution is 2.14. The van der Waals surface area contributed by atoms with Crippen LogP contribution in [-0.2, 0) is 16.2 Å². The molecule has 0 aliphatic carbocycles. The number of para-hydroxylation sites is 1. The fourth-order valence-corrected chi connectivity index (χ4v) is 1.96. The Balaban J connectivity index is 1.73. The standard InChI is InChI=1S/C18H20N2O4/c1-22-16-9-7-14(8-10-16)11-19-18(21)13-24-20-12-15-5-3-4-6-17(15)23-2/h3-10,12H,11,13H2,1-2H3,(H,19,21)/b20-12-. The number of hydrogen-bond donors (Lipinski definition) is 1. The van der Waals surface area contributed by atoms with E-state index in [1.165, 1.54) is 6.21 Å². The highest BCUT2D eigenvalue weighted by Gasteiger charge is 2.02. The molecular formula is C18H20N2O4. The number of benzene rings is 2. The van der Waals surface area contributed by atoms with Crippen LogP contribution < -0.4 is 14.8 Å². The van der Waals surface area contributed by atoms with E-state index < -0.39 is 0 Å². The Morgan fingerprint density at radius 3 is 2.54 bits per heavy atom. The summed E-state index contributed by atoms with van der Waals surface area (Å²) in [6.07, 6.45) is 1.51. The van der Waals surface area contributed by atoms with Crippen LogP contribution in [0.3, 0.4) is 0 Å². The lowest BCUT2D eigenvalue weighted by Crippen LogP contribution is -2.26. The van der Waals surface area contributed by atoms with Crippen molar-refractivity contribution in [2.75, 3.05) is 20.8 Å². The first kappa shape index (κ1) is 17.3. The number of methoxy groups -OCH3 is 2. The summed E-state index contributed by atoms with van der Waals surface area (Å²) >= 11 is 0. The maximum Gasteiger partial charge on any atom is 0.261 e. The van der Waals surface area contributed by atoms with Gasteiger partial charge in [-0.15, -0.1) is 0 Å². The molecule has 2 aromatic rings. The molecule has 0 radical (unpaired) electrons. The Labute approximate surface area is 141 Å². The zero-order chi connectivity index (χ0) is 17.2. The summed E-state index contributed by atoms with van der Waals surface area (Å²) in [6, 6.07) is 14.9. The van der Waals surface area contributed by atoms with Crippen molar-refractivity contribution >= 4 is 12.1 Å². The van der Waals surface area contributed by atoms with Gasteiger partial charge in [-0.1, -0.05) is 29.4 Å². The lowest BCUT2D eigenvalue weighted by Gasteiger charge is -2.06. The van der Waals surface area contributed by atoms with E-state index in [-0.39, 0.29) is 12.5 Å². The molecule has 0 aliphatic heterocycles. The second-order valence-corrected chi connectivity index (χ2v) is 4.87. The number of amides is 1. The smallest absolute Gasteiger partial charge is 0.261 e. The quantitative estimate of drug-likeness (QED) is 0.597. The Morgan fingerprint density at radius 1 is 1.08 bits per heavy atom. The zero-order valence-electron chi connectivity index (χ0n) is 13.7. The topological polar surface area (TPSA) is 69.2 Å². The third-order valence-electron chi connectivity index (χ3n) is 3.25. The van der Waals surface area contributed by atoms with Crippen molar-refractivity contribution in [1.29, 1.82) is 0 Å². The van der Waals surface area contributed by atoms with E-state index in [1.807, 2.05) is 48.5 Å². The van der Waals surface area contributed by atoms with Crippen LogP contribution in [0.25, 0.3) is 0 Å². The summed E-state index contributed by atoms with van der Waals surface area (Å²) in [4.78, 5) is 16.7. The van der Waals surface area contributed by atoms with Gasteiger partial charge in [0.1, 0.15) is 11.5 Å². The van der Waals surface area contributed by atoms with Gasteiger partial charge in [-0.3, -0.25) is 4.79 Å². The van der Waals surface area contributed by atoms with Crippen molar-refractivity contribution in [3.63, 3.8) is 0 Å². The molecule has 126 valence electrons. The second-order valence-electron chi connectivity index (χ2n) is 4.87. The molecule has 0 unspecified atom stereocenters. The molecule has 0 heterocycles. The van der Waals surface area contributed by atoms with Crippen LogP contribution in [0.5, 0.6) is 11.5 Å². The summed E-state index contributed by atoms with van der Waals surface area (Å²) in [5.74, 6) is 1.22. The van der Waals surface area contributed by atoms with Crippen LogP contribution >= 0.6 is 0 Å². The molecule has 2 rings (SSSR count). The lowest BCUT2D eigenvalue weighted by atomic mass is 10.2. The summed E-state index contributed by atoms with van der Waals surface area (Å²) in [7, 11) is 3.19. The molecule has 1 N–H and O–H groups in total. The minimum Gasteiger partial charge on any atom is -0.497 e. The number of ether oxygens (including phenoxy) is 2. The molecule has 6 heteroatoms. The fraction of sp³-hybridized carbons (Fsp3) is 0.222. The average molecular weight is 328 g/mol. The van der Waals surface area contributed by atoms with Crippen molar-refractivity contribution in [2.45, 2.75) is 6.54 Å². The molecule has 0 bridgehead atoms. The first-order valence-electron chi connectivity index (χ1n) is 7.41. The minimum atomic E-state index is -0.247. The molecule has 1 amide bonds. The normalized spacial score (nSPS) is 10.4. The lowest BCUT2D eigenvalue weighted by molar-refractivity contribution is -0.125. The molecular weight excluding hydrogens is 308 g/mol. The molecule has 24 heavy (non-hydrogen) atoms. The van der Waals surface area contributed by atoms with Crippen molar-refractivity contribution in [3.8, 4) is 11.5 Å². The third kappa shape index (κ3) is 5.31. The van der Waals surface area contributed by atoms with E-state index in [9.17, 15) is 4.79 Å². The molecule has 0 aromatic heterocycles. The van der Waals surface area contributed by atoms with Crippen molar-refractivity contribution in [3.05, 3.63) is 59.7 Å². The van der Waals surface area contributed by atoms with Gasteiger partial charge < -0.3 is 19.6 Å². The van der Waals surface area contributed by atoms with E-state index in [4.69, 9.17) is 14.3 Å². The highest BCUT2D eigenvalue weighted by atomic mass is 16.6. The maximum atomic E-state index is 11.7. The number of rotatable bonds is 8. The summed E-state index contributed by atoms with van der Waals surface area (Å²) in [5.41, 5.74) is 1.75. The van der Waals surface area contributed by atoms with E-state index in [0.717, 1.165) is 16.9 Å². The van der Waals surface area contributed by atoms with E-state index >= 15 is 0 Å². The number of hydrogen-bond acceptors (Lipinski definition) is 5. The molecule has 0 saturated heterocycles. The van der Waals surface area contributed by atoms with Crippen molar-refractivity contribution < 1.29 is 19.1 Å². The van der Waals surface area contributed by atoms with Gasteiger partial charge >= 0.3 is 0 Å². The van der Waals surface area contributed by atoms with Crippen molar-refractivity contribution in [2.24, 2.45) is 5.16 Å². The molecule has 2 aromatic carbocycles. The van der Waals surface area contributed by atoms with E-state index in [0.29, 0.717) is 12.3 Å².